The number of amides is 2. The minimum Gasteiger partial charge on any atom is -0.337 e. The Balaban J connectivity index is 1.52. The Hall–Kier alpha value is -1.89. The number of carbonyl (C=O) groups is 1. The first kappa shape index (κ1) is 16.0. The van der Waals surface area contributed by atoms with Gasteiger partial charge in [-0.15, -0.1) is 11.3 Å². The van der Waals surface area contributed by atoms with Crippen LogP contribution in [0.25, 0.3) is 0 Å². The largest absolute Gasteiger partial charge is 0.337 e. The highest BCUT2D eigenvalue weighted by Gasteiger charge is 2.23. The molecule has 1 saturated carbocycles. The SMILES string of the molecule is Cc1cnc(C(C)CNC(=O)Nc2cc(C3CCC3)nn2C)s1. The summed E-state index contributed by atoms with van der Waals surface area (Å²) in [7, 11) is 1.86. The number of aryl methyl sites for hydroxylation is 2. The zero-order chi connectivity index (χ0) is 16.4. The maximum absolute atomic E-state index is 12.1. The van der Waals surface area contributed by atoms with Gasteiger partial charge in [-0.2, -0.15) is 5.10 Å². The van der Waals surface area contributed by atoms with E-state index < -0.39 is 0 Å². The van der Waals surface area contributed by atoms with E-state index in [0.717, 1.165) is 16.5 Å². The van der Waals surface area contributed by atoms with Crippen molar-refractivity contribution in [2.75, 3.05) is 11.9 Å². The van der Waals surface area contributed by atoms with E-state index in [4.69, 9.17) is 0 Å². The number of nitrogens with zero attached hydrogens (tertiary/aromatic N) is 3. The van der Waals surface area contributed by atoms with E-state index in [9.17, 15) is 4.79 Å². The lowest BCUT2D eigenvalue weighted by Crippen LogP contribution is -2.32. The molecule has 7 heteroatoms. The van der Waals surface area contributed by atoms with Crippen molar-refractivity contribution in [1.82, 2.24) is 20.1 Å². The number of urea groups is 1. The van der Waals surface area contributed by atoms with Crippen LogP contribution in [0.4, 0.5) is 10.6 Å². The first-order valence-corrected chi connectivity index (χ1v) is 8.85. The predicted octanol–water partition coefficient (Wildman–Crippen LogP) is 3.38. The fourth-order valence-corrected chi connectivity index (χ4v) is 3.43. The monoisotopic (exact) mass is 333 g/mol. The molecule has 1 atom stereocenters. The highest BCUT2D eigenvalue weighted by atomic mass is 32.1. The second-order valence-electron chi connectivity index (χ2n) is 6.25. The number of hydrogen-bond acceptors (Lipinski definition) is 4. The third-order valence-electron chi connectivity index (χ3n) is 4.29. The van der Waals surface area contributed by atoms with Gasteiger partial charge in [-0.05, 0) is 19.8 Å². The van der Waals surface area contributed by atoms with Crippen molar-refractivity contribution in [3.05, 3.63) is 27.8 Å². The number of hydrogen-bond donors (Lipinski definition) is 2. The van der Waals surface area contributed by atoms with Crippen LogP contribution in [-0.4, -0.2) is 27.3 Å². The van der Waals surface area contributed by atoms with Crippen LogP contribution in [-0.2, 0) is 7.05 Å². The van der Waals surface area contributed by atoms with Crippen LogP contribution in [0.1, 0.15) is 53.6 Å². The van der Waals surface area contributed by atoms with Crippen LogP contribution in [0.3, 0.4) is 0 Å². The molecule has 0 saturated heterocycles. The molecule has 1 aliphatic rings. The fourth-order valence-electron chi connectivity index (χ4n) is 2.60. The molecule has 2 N–H and O–H groups in total. The predicted molar refractivity (Wildman–Crippen MR) is 92.1 cm³/mol. The number of thiazole rings is 1. The average Bonchev–Trinajstić information content (AvgIpc) is 3.02. The highest BCUT2D eigenvalue weighted by molar-refractivity contribution is 7.11. The maximum Gasteiger partial charge on any atom is 0.320 e. The summed E-state index contributed by atoms with van der Waals surface area (Å²) in [6, 6.07) is 1.78. The Bertz CT molecular complexity index is 688. The molecule has 2 amide bonds. The summed E-state index contributed by atoms with van der Waals surface area (Å²) in [6.45, 7) is 4.67. The molecule has 0 radical (unpaired) electrons. The molecule has 23 heavy (non-hydrogen) atoms. The van der Waals surface area contributed by atoms with Crippen LogP contribution in [0.15, 0.2) is 12.3 Å². The third-order valence-corrected chi connectivity index (χ3v) is 5.44. The summed E-state index contributed by atoms with van der Waals surface area (Å²) in [5.74, 6) is 1.51. The Morgan fingerprint density at radius 3 is 2.91 bits per heavy atom. The van der Waals surface area contributed by atoms with Gasteiger partial charge in [-0.3, -0.25) is 10.00 Å². The van der Waals surface area contributed by atoms with Crippen molar-refractivity contribution in [3.63, 3.8) is 0 Å². The van der Waals surface area contributed by atoms with Crippen molar-refractivity contribution in [2.45, 2.75) is 44.9 Å². The first-order chi connectivity index (χ1) is 11.0. The van der Waals surface area contributed by atoms with E-state index in [1.54, 1.807) is 16.0 Å². The third kappa shape index (κ3) is 3.72. The summed E-state index contributed by atoms with van der Waals surface area (Å²) in [6.07, 6.45) is 5.55. The molecular formula is C16H23N5OS. The summed E-state index contributed by atoms with van der Waals surface area (Å²) < 4.78 is 1.74. The van der Waals surface area contributed by atoms with Gasteiger partial charge in [-0.25, -0.2) is 9.78 Å². The van der Waals surface area contributed by atoms with E-state index in [-0.39, 0.29) is 11.9 Å². The molecule has 2 heterocycles. The number of aromatic nitrogens is 3. The molecule has 2 aromatic rings. The lowest BCUT2D eigenvalue weighted by Gasteiger charge is -2.22. The molecule has 3 rings (SSSR count). The second-order valence-corrected chi connectivity index (χ2v) is 7.52. The van der Waals surface area contributed by atoms with Gasteiger partial charge in [0.15, 0.2) is 0 Å². The number of carbonyl (C=O) groups excluding carboxylic acids is 1. The zero-order valence-electron chi connectivity index (χ0n) is 13.8. The maximum atomic E-state index is 12.1. The standard InChI is InChI=1S/C16H23N5OS/c1-10(15-17-9-11(2)23-15)8-18-16(22)19-14-7-13(20-21(14)3)12-5-4-6-12/h7,9-10,12H,4-6,8H2,1-3H3,(H2,18,19,22). The number of rotatable bonds is 5. The second kappa shape index (κ2) is 6.70. The first-order valence-electron chi connectivity index (χ1n) is 8.04. The van der Waals surface area contributed by atoms with E-state index in [2.05, 4.69) is 27.6 Å². The van der Waals surface area contributed by atoms with Crippen molar-refractivity contribution in [1.29, 1.82) is 0 Å². The van der Waals surface area contributed by atoms with E-state index >= 15 is 0 Å². The van der Waals surface area contributed by atoms with Crippen LogP contribution < -0.4 is 10.6 Å². The number of anilines is 1. The molecule has 2 aromatic heterocycles. The Labute approximate surface area is 140 Å². The Morgan fingerprint density at radius 2 is 2.30 bits per heavy atom. The summed E-state index contributed by atoms with van der Waals surface area (Å²) in [5, 5.41) is 11.3. The van der Waals surface area contributed by atoms with Crippen LogP contribution in [0, 0.1) is 6.92 Å². The van der Waals surface area contributed by atoms with Crippen molar-refractivity contribution in [2.24, 2.45) is 7.05 Å². The smallest absolute Gasteiger partial charge is 0.320 e. The lowest BCUT2D eigenvalue weighted by atomic mass is 9.83. The molecule has 0 aromatic carbocycles. The van der Waals surface area contributed by atoms with E-state index in [0.29, 0.717) is 12.5 Å². The minimum absolute atomic E-state index is 0.201. The molecule has 1 aliphatic carbocycles. The average molecular weight is 333 g/mol. The fraction of sp³-hybridized carbons (Fsp3) is 0.562. The van der Waals surface area contributed by atoms with Crippen LogP contribution in [0.5, 0.6) is 0 Å². The van der Waals surface area contributed by atoms with Crippen molar-refractivity contribution < 1.29 is 4.79 Å². The van der Waals surface area contributed by atoms with Gasteiger partial charge >= 0.3 is 6.03 Å². The molecule has 0 bridgehead atoms. The molecule has 124 valence electrons. The van der Waals surface area contributed by atoms with Gasteiger partial charge in [0.25, 0.3) is 0 Å². The quantitative estimate of drug-likeness (QED) is 0.881. The normalized spacial score (nSPS) is 16.0. The van der Waals surface area contributed by atoms with Crippen molar-refractivity contribution >= 4 is 23.2 Å². The van der Waals surface area contributed by atoms with Gasteiger partial charge < -0.3 is 5.32 Å². The van der Waals surface area contributed by atoms with Crippen LogP contribution >= 0.6 is 11.3 Å². The molecular weight excluding hydrogens is 310 g/mol. The molecule has 1 unspecified atom stereocenters. The zero-order valence-corrected chi connectivity index (χ0v) is 14.6. The molecule has 6 nitrogen and oxygen atoms in total. The van der Waals surface area contributed by atoms with Gasteiger partial charge in [0, 0.05) is 42.6 Å². The van der Waals surface area contributed by atoms with Crippen LogP contribution in [0.2, 0.25) is 0 Å². The summed E-state index contributed by atoms with van der Waals surface area (Å²) >= 11 is 1.67. The highest BCUT2D eigenvalue weighted by Crippen LogP contribution is 2.36. The van der Waals surface area contributed by atoms with Gasteiger partial charge in [-0.1, -0.05) is 13.3 Å². The van der Waals surface area contributed by atoms with E-state index in [1.165, 1.54) is 24.1 Å². The Kier molecular flexibility index (Phi) is 4.66. The minimum atomic E-state index is -0.201. The topological polar surface area (TPSA) is 71.8 Å². The molecule has 0 aliphatic heterocycles. The molecule has 0 spiro atoms. The van der Waals surface area contributed by atoms with Gasteiger partial charge in [0.2, 0.25) is 0 Å². The lowest BCUT2D eigenvalue weighted by molar-refractivity contribution is 0.251. The number of nitrogens with one attached hydrogen (secondary N) is 2. The van der Waals surface area contributed by atoms with Gasteiger partial charge in [0.1, 0.15) is 5.82 Å². The van der Waals surface area contributed by atoms with E-state index in [1.807, 2.05) is 26.2 Å². The summed E-state index contributed by atoms with van der Waals surface area (Å²) in [5.41, 5.74) is 1.08. The van der Waals surface area contributed by atoms with Crippen molar-refractivity contribution in [3.8, 4) is 0 Å². The van der Waals surface area contributed by atoms with Gasteiger partial charge in [0.05, 0.1) is 10.7 Å². The molecule has 1 fully saturated rings. The summed E-state index contributed by atoms with van der Waals surface area (Å²) in [4.78, 5) is 17.6. The Morgan fingerprint density at radius 1 is 1.52 bits per heavy atom.